The van der Waals surface area contributed by atoms with Gasteiger partial charge in [0.05, 0.1) is 7.11 Å². The van der Waals surface area contributed by atoms with Crippen molar-refractivity contribution >= 4 is 11.8 Å². The molecule has 2 N–H and O–H groups in total. The standard InChI is InChI=1S/C15H17NOS/c1-17-13-9-5-6-10-14(13)18-15(11-16)12-7-3-2-4-8-12/h2-10,15H,11,16H2,1H3. The minimum Gasteiger partial charge on any atom is -0.496 e. The largest absolute Gasteiger partial charge is 0.496 e. The Morgan fingerprint density at radius 2 is 1.72 bits per heavy atom. The zero-order chi connectivity index (χ0) is 12.8. The molecule has 0 saturated carbocycles. The van der Waals surface area contributed by atoms with E-state index < -0.39 is 0 Å². The summed E-state index contributed by atoms with van der Waals surface area (Å²) in [6.45, 7) is 0.604. The van der Waals surface area contributed by atoms with Crippen LogP contribution < -0.4 is 10.5 Å². The number of nitrogens with two attached hydrogens (primary N) is 1. The van der Waals surface area contributed by atoms with Gasteiger partial charge in [0.15, 0.2) is 0 Å². The summed E-state index contributed by atoms with van der Waals surface area (Å²) in [6, 6.07) is 18.4. The second-order valence-corrected chi connectivity index (χ2v) is 5.15. The van der Waals surface area contributed by atoms with Crippen molar-refractivity contribution in [1.82, 2.24) is 0 Å². The van der Waals surface area contributed by atoms with E-state index in [2.05, 4.69) is 18.2 Å². The molecule has 94 valence electrons. The van der Waals surface area contributed by atoms with E-state index >= 15 is 0 Å². The lowest BCUT2D eigenvalue weighted by Gasteiger charge is -2.16. The molecule has 0 heterocycles. The van der Waals surface area contributed by atoms with E-state index in [0.29, 0.717) is 6.54 Å². The Balaban J connectivity index is 2.21. The molecule has 0 bridgehead atoms. The number of hydrogen-bond acceptors (Lipinski definition) is 3. The van der Waals surface area contributed by atoms with Crippen LogP contribution in [-0.2, 0) is 0 Å². The monoisotopic (exact) mass is 259 g/mol. The van der Waals surface area contributed by atoms with Gasteiger partial charge < -0.3 is 10.5 Å². The number of thioether (sulfide) groups is 1. The third kappa shape index (κ3) is 3.06. The van der Waals surface area contributed by atoms with Gasteiger partial charge in [-0.05, 0) is 17.7 Å². The Hall–Kier alpha value is -1.45. The average molecular weight is 259 g/mol. The van der Waals surface area contributed by atoms with Gasteiger partial charge in [0.2, 0.25) is 0 Å². The van der Waals surface area contributed by atoms with Gasteiger partial charge in [0, 0.05) is 16.7 Å². The lowest BCUT2D eigenvalue weighted by Crippen LogP contribution is -2.09. The molecule has 3 heteroatoms. The summed E-state index contributed by atoms with van der Waals surface area (Å²) in [5, 5.41) is 0.252. The maximum Gasteiger partial charge on any atom is 0.132 e. The van der Waals surface area contributed by atoms with Gasteiger partial charge in [-0.2, -0.15) is 0 Å². The van der Waals surface area contributed by atoms with Gasteiger partial charge in [-0.1, -0.05) is 42.5 Å². The van der Waals surface area contributed by atoms with E-state index in [1.54, 1.807) is 18.9 Å². The minimum atomic E-state index is 0.252. The fraction of sp³-hybridized carbons (Fsp3) is 0.200. The van der Waals surface area contributed by atoms with Crippen LogP contribution >= 0.6 is 11.8 Å². The minimum absolute atomic E-state index is 0.252. The van der Waals surface area contributed by atoms with Gasteiger partial charge in [-0.3, -0.25) is 0 Å². The first-order valence-electron chi connectivity index (χ1n) is 5.90. The summed E-state index contributed by atoms with van der Waals surface area (Å²) in [6.07, 6.45) is 0. The number of methoxy groups -OCH3 is 1. The van der Waals surface area contributed by atoms with Crippen molar-refractivity contribution in [3.05, 3.63) is 60.2 Å². The third-order valence-corrected chi connectivity index (χ3v) is 4.06. The Morgan fingerprint density at radius 1 is 1.06 bits per heavy atom. The Labute approximate surface area is 112 Å². The molecule has 0 saturated heterocycles. The second kappa shape index (κ2) is 6.47. The SMILES string of the molecule is COc1ccccc1SC(CN)c1ccccc1. The summed E-state index contributed by atoms with van der Waals surface area (Å²) in [7, 11) is 1.69. The molecular formula is C15H17NOS. The zero-order valence-electron chi connectivity index (χ0n) is 10.4. The number of rotatable bonds is 5. The molecule has 2 nitrogen and oxygen atoms in total. The van der Waals surface area contributed by atoms with Crippen LogP contribution in [0.25, 0.3) is 0 Å². The van der Waals surface area contributed by atoms with Crippen molar-refractivity contribution in [3.8, 4) is 5.75 Å². The molecule has 2 aromatic rings. The van der Waals surface area contributed by atoms with E-state index in [-0.39, 0.29) is 5.25 Å². The zero-order valence-corrected chi connectivity index (χ0v) is 11.2. The number of para-hydroxylation sites is 1. The quantitative estimate of drug-likeness (QED) is 0.835. The van der Waals surface area contributed by atoms with Crippen LogP contribution in [0, 0.1) is 0 Å². The predicted octanol–water partition coefficient (Wildman–Crippen LogP) is 3.49. The van der Waals surface area contributed by atoms with Gasteiger partial charge in [0.25, 0.3) is 0 Å². The van der Waals surface area contributed by atoms with E-state index in [0.717, 1.165) is 10.6 Å². The topological polar surface area (TPSA) is 35.2 Å². The molecule has 1 atom stereocenters. The smallest absolute Gasteiger partial charge is 0.132 e. The summed E-state index contributed by atoms with van der Waals surface area (Å²) in [4.78, 5) is 1.12. The molecule has 0 spiro atoms. The average Bonchev–Trinajstić information content (AvgIpc) is 2.46. The van der Waals surface area contributed by atoms with Crippen molar-refractivity contribution in [2.24, 2.45) is 5.73 Å². The molecule has 2 aromatic carbocycles. The third-order valence-electron chi connectivity index (χ3n) is 2.72. The molecule has 0 aromatic heterocycles. The van der Waals surface area contributed by atoms with Gasteiger partial charge in [0.1, 0.15) is 5.75 Å². The molecule has 0 aliphatic rings. The fourth-order valence-corrected chi connectivity index (χ4v) is 2.91. The van der Waals surface area contributed by atoms with Crippen LogP contribution in [-0.4, -0.2) is 13.7 Å². The first-order valence-corrected chi connectivity index (χ1v) is 6.78. The lowest BCUT2D eigenvalue weighted by atomic mass is 10.1. The van der Waals surface area contributed by atoms with E-state index in [1.165, 1.54) is 5.56 Å². The number of benzene rings is 2. The van der Waals surface area contributed by atoms with Crippen LogP contribution in [0.3, 0.4) is 0 Å². The van der Waals surface area contributed by atoms with Crippen molar-refractivity contribution in [2.75, 3.05) is 13.7 Å². The van der Waals surface area contributed by atoms with Crippen LogP contribution in [0.2, 0.25) is 0 Å². The van der Waals surface area contributed by atoms with Gasteiger partial charge in [-0.25, -0.2) is 0 Å². The Morgan fingerprint density at radius 3 is 2.39 bits per heavy atom. The highest BCUT2D eigenvalue weighted by Gasteiger charge is 2.13. The van der Waals surface area contributed by atoms with Crippen LogP contribution in [0.5, 0.6) is 5.75 Å². The summed E-state index contributed by atoms with van der Waals surface area (Å²) in [5.74, 6) is 0.900. The van der Waals surface area contributed by atoms with Crippen LogP contribution in [0.4, 0.5) is 0 Å². The molecule has 0 amide bonds. The van der Waals surface area contributed by atoms with Gasteiger partial charge >= 0.3 is 0 Å². The number of hydrogen-bond donors (Lipinski definition) is 1. The molecule has 0 aliphatic carbocycles. The fourth-order valence-electron chi connectivity index (χ4n) is 1.79. The first kappa shape index (κ1) is 13.0. The van der Waals surface area contributed by atoms with E-state index in [4.69, 9.17) is 10.5 Å². The molecule has 1 unspecified atom stereocenters. The molecule has 0 fully saturated rings. The highest BCUT2D eigenvalue weighted by atomic mass is 32.2. The van der Waals surface area contributed by atoms with Crippen LogP contribution in [0.1, 0.15) is 10.8 Å². The molecule has 18 heavy (non-hydrogen) atoms. The van der Waals surface area contributed by atoms with E-state index in [9.17, 15) is 0 Å². The van der Waals surface area contributed by atoms with Gasteiger partial charge in [-0.15, -0.1) is 11.8 Å². The Kier molecular flexibility index (Phi) is 4.67. The molecule has 0 aliphatic heterocycles. The Bertz CT molecular complexity index is 487. The summed E-state index contributed by atoms with van der Waals surface area (Å²) in [5.41, 5.74) is 7.13. The number of ether oxygens (including phenoxy) is 1. The maximum absolute atomic E-state index is 5.88. The summed E-state index contributed by atoms with van der Waals surface area (Å²) >= 11 is 1.74. The molecule has 0 radical (unpaired) electrons. The summed E-state index contributed by atoms with van der Waals surface area (Å²) < 4.78 is 5.36. The van der Waals surface area contributed by atoms with Crippen molar-refractivity contribution in [1.29, 1.82) is 0 Å². The van der Waals surface area contributed by atoms with Crippen molar-refractivity contribution < 1.29 is 4.74 Å². The predicted molar refractivity (Wildman–Crippen MR) is 77.1 cm³/mol. The maximum atomic E-state index is 5.88. The first-order chi connectivity index (χ1) is 8.85. The normalized spacial score (nSPS) is 12.1. The van der Waals surface area contributed by atoms with Crippen molar-refractivity contribution in [2.45, 2.75) is 10.1 Å². The highest BCUT2D eigenvalue weighted by Crippen LogP contribution is 2.38. The molecule has 2 rings (SSSR count). The van der Waals surface area contributed by atoms with E-state index in [1.807, 2.05) is 36.4 Å². The lowest BCUT2D eigenvalue weighted by molar-refractivity contribution is 0.404. The molecular weight excluding hydrogens is 242 g/mol. The van der Waals surface area contributed by atoms with Crippen molar-refractivity contribution in [3.63, 3.8) is 0 Å². The second-order valence-electron chi connectivity index (χ2n) is 3.90. The highest BCUT2D eigenvalue weighted by molar-refractivity contribution is 7.99. The van der Waals surface area contributed by atoms with Crippen LogP contribution in [0.15, 0.2) is 59.5 Å².